The molecular weight excluding hydrogens is 402 g/mol. The molecule has 0 spiro atoms. The first-order valence-corrected chi connectivity index (χ1v) is 11.4. The van der Waals surface area contributed by atoms with Gasteiger partial charge in [0.25, 0.3) is 5.91 Å². The molecule has 3 heterocycles. The maximum absolute atomic E-state index is 13.2. The zero-order chi connectivity index (χ0) is 22.1. The molecule has 1 saturated carbocycles. The second kappa shape index (κ2) is 8.73. The van der Waals surface area contributed by atoms with E-state index in [1.165, 1.54) is 12.8 Å². The summed E-state index contributed by atoms with van der Waals surface area (Å²) in [6.07, 6.45) is 7.79. The molecule has 0 unspecified atom stereocenters. The summed E-state index contributed by atoms with van der Waals surface area (Å²) in [5.41, 5.74) is 3.69. The molecule has 1 amide bonds. The highest BCUT2D eigenvalue weighted by Gasteiger charge is 2.31. The van der Waals surface area contributed by atoms with E-state index < -0.39 is 0 Å². The van der Waals surface area contributed by atoms with Gasteiger partial charge in [0.2, 0.25) is 0 Å². The van der Waals surface area contributed by atoms with Crippen LogP contribution in [0.1, 0.15) is 76.2 Å². The summed E-state index contributed by atoms with van der Waals surface area (Å²) >= 11 is 0. The Hall–Kier alpha value is -3.22. The molecular formula is C25H29N5O2. The van der Waals surface area contributed by atoms with E-state index in [0.717, 1.165) is 65.6 Å². The Kier molecular flexibility index (Phi) is 5.64. The third-order valence-corrected chi connectivity index (χ3v) is 6.44. The Labute approximate surface area is 188 Å². The molecule has 32 heavy (non-hydrogen) atoms. The Balaban J connectivity index is 1.21. The number of H-pyrrole nitrogens is 1. The monoisotopic (exact) mass is 431 g/mol. The van der Waals surface area contributed by atoms with Crippen molar-refractivity contribution >= 4 is 5.91 Å². The quantitative estimate of drug-likeness (QED) is 0.629. The van der Waals surface area contributed by atoms with Gasteiger partial charge >= 0.3 is 0 Å². The van der Waals surface area contributed by atoms with Gasteiger partial charge in [0.1, 0.15) is 18.2 Å². The van der Waals surface area contributed by atoms with Gasteiger partial charge in [-0.3, -0.25) is 14.9 Å². The number of benzene rings is 1. The summed E-state index contributed by atoms with van der Waals surface area (Å²) in [7, 11) is 0. The first-order chi connectivity index (χ1) is 15.6. The van der Waals surface area contributed by atoms with Crippen LogP contribution >= 0.6 is 0 Å². The van der Waals surface area contributed by atoms with Gasteiger partial charge in [-0.2, -0.15) is 5.10 Å². The van der Waals surface area contributed by atoms with Crippen molar-refractivity contribution in [2.45, 2.75) is 58.0 Å². The highest BCUT2D eigenvalue weighted by atomic mass is 16.5. The maximum Gasteiger partial charge on any atom is 0.253 e. The molecule has 166 valence electrons. The van der Waals surface area contributed by atoms with E-state index in [0.29, 0.717) is 18.4 Å². The molecule has 0 radical (unpaired) electrons. The number of aromatic amines is 1. The Morgan fingerprint density at radius 1 is 1.12 bits per heavy atom. The largest absolute Gasteiger partial charge is 0.488 e. The van der Waals surface area contributed by atoms with Gasteiger partial charge < -0.3 is 9.64 Å². The van der Waals surface area contributed by atoms with Crippen LogP contribution in [0.4, 0.5) is 0 Å². The number of carbonyl (C=O) groups excluding carboxylic acids is 1. The zero-order valence-electron chi connectivity index (χ0n) is 18.7. The number of aryl methyl sites for hydroxylation is 2. The molecule has 7 heteroatoms. The van der Waals surface area contributed by atoms with Gasteiger partial charge in [-0.25, -0.2) is 4.98 Å². The number of amides is 1. The number of carbonyl (C=O) groups is 1. The van der Waals surface area contributed by atoms with Crippen LogP contribution in [0.2, 0.25) is 0 Å². The number of nitrogens with zero attached hydrogens (tertiary/aromatic N) is 4. The van der Waals surface area contributed by atoms with Gasteiger partial charge in [-0.05, 0) is 68.9 Å². The molecule has 7 nitrogen and oxygen atoms in total. The summed E-state index contributed by atoms with van der Waals surface area (Å²) in [5, 5.41) is 7.52. The smallest absolute Gasteiger partial charge is 0.253 e. The molecule has 1 aliphatic heterocycles. The predicted molar refractivity (Wildman–Crippen MR) is 121 cm³/mol. The number of hydrogen-bond acceptors (Lipinski definition) is 5. The van der Waals surface area contributed by atoms with Crippen LogP contribution in [0, 0.1) is 13.8 Å². The lowest BCUT2D eigenvalue weighted by Crippen LogP contribution is -2.38. The highest BCUT2D eigenvalue weighted by molar-refractivity contribution is 5.95. The minimum absolute atomic E-state index is 0.0877. The van der Waals surface area contributed by atoms with Gasteiger partial charge in [0.05, 0.1) is 0 Å². The van der Waals surface area contributed by atoms with E-state index in [4.69, 9.17) is 9.72 Å². The van der Waals surface area contributed by atoms with Crippen LogP contribution in [-0.4, -0.2) is 44.1 Å². The number of piperidine rings is 1. The fourth-order valence-corrected chi connectivity index (χ4v) is 4.47. The van der Waals surface area contributed by atoms with Gasteiger partial charge in [0.15, 0.2) is 5.82 Å². The minimum atomic E-state index is 0.0877. The third-order valence-electron chi connectivity index (χ3n) is 6.44. The molecule has 1 saturated heterocycles. The second-order valence-electron chi connectivity index (χ2n) is 9.01. The van der Waals surface area contributed by atoms with Crippen LogP contribution < -0.4 is 4.74 Å². The standard InChI is InChI=1S/C25H29N5O2/c1-16-12-21(13-17(2)22(16)32-15-18-4-3-9-26-14-18)25(31)30-10-7-20(8-11-30)24-27-23(28-29-24)19-5-6-19/h3-4,9,12-14,19-20H,5-8,10-11,15H2,1-2H3,(H,27,28,29). The molecule has 1 N–H and O–H groups in total. The van der Waals surface area contributed by atoms with Gasteiger partial charge in [-0.1, -0.05) is 6.07 Å². The van der Waals surface area contributed by atoms with Gasteiger partial charge in [0, 0.05) is 48.4 Å². The zero-order valence-corrected chi connectivity index (χ0v) is 18.7. The SMILES string of the molecule is Cc1cc(C(=O)N2CCC(c3nc(C4CC4)n[nH]3)CC2)cc(C)c1OCc1cccnc1. The number of aromatic nitrogens is 4. The summed E-state index contributed by atoms with van der Waals surface area (Å²) in [5.74, 6) is 3.79. The number of nitrogens with one attached hydrogen (secondary N) is 1. The first kappa shape index (κ1) is 20.7. The summed E-state index contributed by atoms with van der Waals surface area (Å²) in [6, 6.07) is 7.78. The van der Waals surface area contributed by atoms with Crippen molar-refractivity contribution in [2.75, 3.05) is 13.1 Å². The number of likely N-dealkylation sites (tertiary alicyclic amines) is 1. The topological polar surface area (TPSA) is 84.0 Å². The van der Waals surface area contributed by atoms with Crippen molar-refractivity contribution < 1.29 is 9.53 Å². The van der Waals surface area contributed by atoms with Crippen molar-refractivity contribution in [3.63, 3.8) is 0 Å². The minimum Gasteiger partial charge on any atom is -0.488 e. The molecule has 1 aromatic carbocycles. The molecule has 0 bridgehead atoms. The summed E-state index contributed by atoms with van der Waals surface area (Å²) < 4.78 is 6.04. The fourth-order valence-electron chi connectivity index (χ4n) is 4.47. The highest BCUT2D eigenvalue weighted by Crippen LogP contribution is 2.38. The number of rotatable bonds is 6. The van der Waals surface area contributed by atoms with Crippen molar-refractivity contribution in [3.05, 3.63) is 70.6 Å². The van der Waals surface area contributed by atoms with Crippen LogP contribution in [0.15, 0.2) is 36.7 Å². The average molecular weight is 432 g/mol. The Bertz CT molecular complexity index is 1080. The van der Waals surface area contributed by atoms with Crippen molar-refractivity contribution in [3.8, 4) is 5.75 Å². The van der Waals surface area contributed by atoms with E-state index in [1.54, 1.807) is 12.4 Å². The summed E-state index contributed by atoms with van der Waals surface area (Å²) in [6.45, 7) is 5.92. The summed E-state index contributed by atoms with van der Waals surface area (Å²) in [4.78, 5) is 24.0. The lowest BCUT2D eigenvalue weighted by atomic mass is 9.95. The molecule has 2 fully saturated rings. The van der Waals surface area contributed by atoms with Crippen LogP contribution in [0.25, 0.3) is 0 Å². The average Bonchev–Trinajstić information content (AvgIpc) is 3.55. The molecule has 2 aromatic heterocycles. The van der Waals surface area contributed by atoms with Crippen LogP contribution in [0.5, 0.6) is 5.75 Å². The molecule has 2 aliphatic rings. The second-order valence-corrected chi connectivity index (χ2v) is 9.01. The van der Waals surface area contributed by atoms with E-state index in [9.17, 15) is 4.79 Å². The van der Waals surface area contributed by atoms with E-state index in [2.05, 4.69) is 15.2 Å². The third kappa shape index (κ3) is 4.38. The molecule has 5 rings (SSSR count). The molecule has 3 aromatic rings. The molecule has 0 atom stereocenters. The van der Waals surface area contributed by atoms with E-state index in [-0.39, 0.29) is 5.91 Å². The van der Waals surface area contributed by atoms with Crippen molar-refractivity contribution in [1.29, 1.82) is 0 Å². The van der Waals surface area contributed by atoms with E-state index >= 15 is 0 Å². The number of ether oxygens (including phenoxy) is 1. The van der Waals surface area contributed by atoms with Crippen molar-refractivity contribution in [2.24, 2.45) is 0 Å². The Morgan fingerprint density at radius 2 is 1.88 bits per heavy atom. The maximum atomic E-state index is 13.2. The fraction of sp³-hybridized carbons (Fsp3) is 0.440. The van der Waals surface area contributed by atoms with Gasteiger partial charge in [-0.15, -0.1) is 0 Å². The van der Waals surface area contributed by atoms with Crippen LogP contribution in [0.3, 0.4) is 0 Å². The predicted octanol–water partition coefficient (Wildman–Crippen LogP) is 4.29. The van der Waals surface area contributed by atoms with E-state index in [1.807, 2.05) is 43.0 Å². The normalized spacial score (nSPS) is 16.9. The lowest BCUT2D eigenvalue weighted by molar-refractivity contribution is 0.0711. The Morgan fingerprint density at radius 3 is 2.53 bits per heavy atom. The molecule has 1 aliphatic carbocycles. The number of pyridine rings is 1. The lowest BCUT2D eigenvalue weighted by Gasteiger charge is -2.31. The number of hydrogen-bond donors (Lipinski definition) is 1. The first-order valence-electron chi connectivity index (χ1n) is 11.4. The van der Waals surface area contributed by atoms with Crippen LogP contribution in [-0.2, 0) is 6.61 Å². The van der Waals surface area contributed by atoms with Crippen molar-refractivity contribution in [1.82, 2.24) is 25.1 Å².